The SMILES string of the molecule is CC(OC(=O)c1ccc(S(N)(=O)=O)o1)C(=O)Nc1cccc([N+](=O)[O-])c1. The first-order valence-electron chi connectivity index (χ1n) is 6.97. The van der Waals surface area contributed by atoms with Gasteiger partial charge < -0.3 is 14.5 Å². The van der Waals surface area contributed by atoms with Crippen molar-refractivity contribution in [2.24, 2.45) is 5.14 Å². The first-order valence-corrected chi connectivity index (χ1v) is 8.51. The van der Waals surface area contributed by atoms with Crippen molar-refractivity contribution in [2.45, 2.75) is 18.1 Å². The molecule has 2 rings (SSSR count). The number of hydrogen-bond donors (Lipinski definition) is 2. The van der Waals surface area contributed by atoms with E-state index in [0.29, 0.717) is 0 Å². The average molecular weight is 383 g/mol. The molecule has 0 bridgehead atoms. The van der Waals surface area contributed by atoms with E-state index in [4.69, 9.17) is 14.3 Å². The molecule has 1 amide bonds. The summed E-state index contributed by atoms with van der Waals surface area (Å²) in [5.41, 5.74) is -0.0832. The van der Waals surface area contributed by atoms with Crippen LogP contribution in [0, 0.1) is 10.1 Å². The summed E-state index contributed by atoms with van der Waals surface area (Å²) in [5.74, 6) is -2.29. The van der Waals surface area contributed by atoms with Crippen molar-refractivity contribution in [1.29, 1.82) is 0 Å². The molecular formula is C14H13N3O8S. The van der Waals surface area contributed by atoms with E-state index < -0.39 is 43.8 Å². The van der Waals surface area contributed by atoms with Crippen LogP contribution in [-0.2, 0) is 19.6 Å². The van der Waals surface area contributed by atoms with Crippen molar-refractivity contribution in [3.05, 3.63) is 52.3 Å². The zero-order chi connectivity index (χ0) is 19.5. The number of rotatable bonds is 6. The fourth-order valence-corrected chi connectivity index (χ4v) is 2.26. The fourth-order valence-electron chi connectivity index (χ4n) is 1.80. The molecule has 2 aromatic rings. The van der Waals surface area contributed by atoms with Crippen LogP contribution in [0.3, 0.4) is 0 Å². The number of sulfonamides is 1. The number of amides is 1. The number of nitro groups is 1. The lowest BCUT2D eigenvalue weighted by Crippen LogP contribution is -2.29. The highest BCUT2D eigenvalue weighted by Crippen LogP contribution is 2.18. The average Bonchev–Trinajstić information content (AvgIpc) is 3.05. The molecule has 1 unspecified atom stereocenters. The predicted molar refractivity (Wildman–Crippen MR) is 86.7 cm³/mol. The number of ether oxygens (including phenoxy) is 1. The second-order valence-corrected chi connectivity index (χ2v) is 6.50. The number of nitrogens with two attached hydrogens (primary N) is 1. The Balaban J connectivity index is 2.02. The van der Waals surface area contributed by atoms with Gasteiger partial charge >= 0.3 is 5.97 Å². The Morgan fingerprint density at radius 3 is 2.58 bits per heavy atom. The summed E-state index contributed by atoms with van der Waals surface area (Å²) in [7, 11) is -4.12. The summed E-state index contributed by atoms with van der Waals surface area (Å²) >= 11 is 0. The molecule has 3 N–H and O–H groups in total. The normalized spacial score (nSPS) is 12.2. The molecule has 0 aliphatic rings. The van der Waals surface area contributed by atoms with Crippen LogP contribution in [0.25, 0.3) is 0 Å². The number of esters is 1. The summed E-state index contributed by atoms with van der Waals surface area (Å²) in [6, 6.07) is 7.19. The van der Waals surface area contributed by atoms with Crippen LogP contribution in [0.15, 0.2) is 45.9 Å². The van der Waals surface area contributed by atoms with Gasteiger partial charge in [0.1, 0.15) is 0 Å². The minimum Gasteiger partial charge on any atom is -0.447 e. The summed E-state index contributed by atoms with van der Waals surface area (Å²) in [4.78, 5) is 34.0. The Bertz CT molecular complexity index is 966. The molecule has 12 heteroatoms. The van der Waals surface area contributed by atoms with Crippen molar-refractivity contribution < 1.29 is 32.1 Å². The Morgan fingerprint density at radius 2 is 2.00 bits per heavy atom. The molecule has 1 aromatic carbocycles. The molecule has 0 spiro atoms. The predicted octanol–water partition coefficient (Wildman–Crippen LogP) is 1.02. The first kappa shape index (κ1) is 19.1. The van der Waals surface area contributed by atoms with Gasteiger partial charge in [-0.2, -0.15) is 0 Å². The quantitative estimate of drug-likeness (QED) is 0.422. The van der Waals surface area contributed by atoms with Gasteiger partial charge in [-0.3, -0.25) is 14.9 Å². The van der Waals surface area contributed by atoms with Crippen molar-refractivity contribution in [3.8, 4) is 0 Å². The molecule has 0 saturated carbocycles. The molecule has 0 radical (unpaired) electrons. The van der Waals surface area contributed by atoms with Crippen LogP contribution in [-0.4, -0.2) is 31.3 Å². The zero-order valence-electron chi connectivity index (χ0n) is 13.2. The van der Waals surface area contributed by atoms with Gasteiger partial charge in [0, 0.05) is 17.8 Å². The highest BCUT2D eigenvalue weighted by molar-refractivity contribution is 7.89. The summed E-state index contributed by atoms with van der Waals surface area (Å²) in [6.45, 7) is 1.26. The zero-order valence-corrected chi connectivity index (χ0v) is 14.1. The molecule has 11 nitrogen and oxygen atoms in total. The maximum atomic E-state index is 12.0. The Kier molecular flexibility index (Phi) is 5.38. The maximum absolute atomic E-state index is 12.0. The molecular weight excluding hydrogens is 370 g/mol. The van der Waals surface area contributed by atoms with Gasteiger partial charge in [-0.1, -0.05) is 6.07 Å². The van der Waals surface area contributed by atoms with Crippen LogP contribution >= 0.6 is 0 Å². The lowest BCUT2D eigenvalue weighted by molar-refractivity contribution is -0.384. The Labute approximate surface area is 146 Å². The number of non-ortho nitro benzene ring substituents is 1. The maximum Gasteiger partial charge on any atom is 0.375 e. The topological polar surface area (TPSA) is 172 Å². The van der Waals surface area contributed by atoms with E-state index >= 15 is 0 Å². The van der Waals surface area contributed by atoms with Gasteiger partial charge in [-0.25, -0.2) is 18.4 Å². The number of anilines is 1. The molecule has 26 heavy (non-hydrogen) atoms. The smallest absolute Gasteiger partial charge is 0.375 e. The summed E-state index contributed by atoms with van der Waals surface area (Å²) in [6.07, 6.45) is -1.29. The number of benzene rings is 1. The first-order chi connectivity index (χ1) is 12.1. The third kappa shape index (κ3) is 4.64. The molecule has 0 saturated heterocycles. The molecule has 1 atom stereocenters. The van der Waals surface area contributed by atoms with E-state index in [1.807, 2.05) is 0 Å². The van der Waals surface area contributed by atoms with E-state index in [1.54, 1.807) is 0 Å². The standard InChI is InChI=1S/C14H13N3O8S/c1-8(13(18)16-9-3-2-4-10(7-9)17(20)21)24-14(19)11-5-6-12(25-11)26(15,22)23/h2-8H,1H3,(H,16,18)(H2,15,22,23). The van der Waals surface area contributed by atoms with E-state index in [1.165, 1.54) is 25.1 Å². The highest BCUT2D eigenvalue weighted by Gasteiger charge is 2.23. The van der Waals surface area contributed by atoms with Crippen molar-refractivity contribution in [2.75, 3.05) is 5.32 Å². The number of nitrogens with zero attached hydrogens (tertiary/aromatic N) is 1. The Morgan fingerprint density at radius 1 is 1.31 bits per heavy atom. The van der Waals surface area contributed by atoms with Gasteiger partial charge in [-0.15, -0.1) is 0 Å². The monoisotopic (exact) mass is 383 g/mol. The van der Waals surface area contributed by atoms with Gasteiger partial charge in [0.25, 0.3) is 21.6 Å². The van der Waals surface area contributed by atoms with Crippen LogP contribution in [0.5, 0.6) is 0 Å². The highest BCUT2D eigenvalue weighted by atomic mass is 32.2. The van der Waals surface area contributed by atoms with Crippen LogP contribution in [0.1, 0.15) is 17.5 Å². The second-order valence-electron chi connectivity index (χ2n) is 5.01. The number of hydrogen-bond acceptors (Lipinski definition) is 8. The second kappa shape index (κ2) is 7.33. The van der Waals surface area contributed by atoms with E-state index in [0.717, 1.165) is 18.2 Å². The lowest BCUT2D eigenvalue weighted by Gasteiger charge is -2.12. The molecule has 138 valence electrons. The van der Waals surface area contributed by atoms with E-state index in [2.05, 4.69) is 5.32 Å². The van der Waals surface area contributed by atoms with Crippen molar-refractivity contribution >= 4 is 33.3 Å². The van der Waals surface area contributed by atoms with Crippen LogP contribution in [0.2, 0.25) is 0 Å². The van der Waals surface area contributed by atoms with Gasteiger partial charge in [0.2, 0.25) is 10.9 Å². The van der Waals surface area contributed by atoms with Crippen LogP contribution in [0.4, 0.5) is 11.4 Å². The van der Waals surface area contributed by atoms with Crippen molar-refractivity contribution in [3.63, 3.8) is 0 Å². The van der Waals surface area contributed by atoms with Crippen LogP contribution < -0.4 is 10.5 Å². The minimum absolute atomic E-state index is 0.140. The van der Waals surface area contributed by atoms with Gasteiger partial charge in [-0.05, 0) is 25.1 Å². The minimum atomic E-state index is -4.12. The largest absolute Gasteiger partial charge is 0.447 e. The molecule has 0 fully saturated rings. The van der Waals surface area contributed by atoms with Gasteiger partial charge in [0.05, 0.1) is 4.92 Å². The number of primary sulfonamides is 1. The number of nitro benzene ring substituents is 1. The van der Waals surface area contributed by atoms with E-state index in [-0.39, 0.29) is 11.4 Å². The fraction of sp³-hybridized carbons (Fsp3) is 0.143. The summed E-state index contributed by atoms with van der Waals surface area (Å²) in [5, 5.41) is 17.3. The van der Waals surface area contributed by atoms with Crippen molar-refractivity contribution in [1.82, 2.24) is 0 Å². The number of nitrogens with one attached hydrogen (secondary N) is 1. The lowest BCUT2D eigenvalue weighted by atomic mass is 10.2. The number of carbonyl (C=O) groups excluding carboxylic acids is 2. The van der Waals surface area contributed by atoms with E-state index in [9.17, 15) is 28.1 Å². The molecule has 0 aliphatic heterocycles. The van der Waals surface area contributed by atoms with Gasteiger partial charge in [0.15, 0.2) is 6.10 Å². The third-order valence-corrected chi connectivity index (χ3v) is 3.82. The number of carbonyl (C=O) groups is 2. The molecule has 0 aliphatic carbocycles. The summed E-state index contributed by atoms with van der Waals surface area (Å²) < 4.78 is 31.8. The number of furan rings is 1. The molecule has 1 aromatic heterocycles. The Hall–Kier alpha value is -3.25. The molecule has 1 heterocycles. The third-order valence-electron chi connectivity index (χ3n) is 3.04.